The summed E-state index contributed by atoms with van der Waals surface area (Å²) in [5.74, 6) is 0.969. The molecule has 1 unspecified atom stereocenters. The van der Waals surface area contributed by atoms with Crippen LogP contribution in [0.2, 0.25) is 0 Å². The quantitative estimate of drug-likeness (QED) is 0.0605. The van der Waals surface area contributed by atoms with Gasteiger partial charge in [0, 0.05) is 6.61 Å². The minimum absolute atomic E-state index is 0.120. The first-order valence-electron chi connectivity index (χ1n) is 21.8. The molecule has 3 aromatic rings. The molecule has 0 fully saturated rings. The van der Waals surface area contributed by atoms with E-state index in [0.717, 1.165) is 31.8 Å². The predicted molar refractivity (Wildman–Crippen MR) is 224 cm³/mol. The highest BCUT2D eigenvalue weighted by molar-refractivity contribution is 5.83. The maximum atomic E-state index is 6.24. The summed E-state index contributed by atoms with van der Waals surface area (Å²) >= 11 is 0. The number of rotatable bonds is 32. The summed E-state index contributed by atoms with van der Waals surface area (Å²) < 4.78 is 12.4. The van der Waals surface area contributed by atoms with E-state index in [-0.39, 0.29) is 6.10 Å². The Morgan fingerprint density at radius 3 is 1.16 bits per heavy atom. The van der Waals surface area contributed by atoms with Crippen LogP contribution in [0.3, 0.4) is 0 Å². The van der Waals surface area contributed by atoms with E-state index in [4.69, 9.17) is 9.47 Å². The largest absolute Gasteiger partial charge is 0.494 e. The molecule has 51 heavy (non-hydrogen) atoms. The SMILES string of the molecule is CCCCCCCCCCCCCCCOc1ccc(-c2ccccc2-c2ccc(C(C)OCCCCCCCCCCCCCC)cc2)cc1. The molecule has 0 aliphatic rings. The van der Waals surface area contributed by atoms with Crippen molar-refractivity contribution < 1.29 is 9.47 Å². The van der Waals surface area contributed by atoms with Crippen molar-refractivity contribution in [1.29, 1.82) is 0 Å². The Labute approximate surface area is 315 Å². The summed E-state index contributed by atoms with van der Waals surface area (Å²) in [4.78, 5) is 0. The van der Waals surface area contributed by atoms with Crippen LogP contribution in [0.5, 0.6) is 5.75 Å². The molecule has 1 atom stereocenters. The first-order valence-corrected chi connectivity index (χ1v) is 21.8. The summed E-state index contributed by atoms with van der Waals surface area (Å²) in [5, 5.41) is 0. The monoisotopic (exact) mass is 697 g/mol. The van der Waals surface area contributed by atoms with Gasteiger partial charge in [-0.25, -0.2) is 0 Å². The maximum absolute atomic E-state index is 6.24. The second kappa shape index (κ2) is 28.9. The van der Waals surface area contributed by atoms with Crippen molar-refractivity contribution in [3.63, 3.8) is 0 Å². The third-order valence-corrected chi connectivity index (χ3v) is 10.7. The predicted octanol–water partition coefficient (Wildman–Crippen LogP) is 16.3. The van der Waals surface area contributed by atoms with Crippen molar-refractivity contribution in [3.8, 4) is 28.0 Å². The summed E-state index contributed by atoms with van der Waals surface area (Å²) in [7, 11) is 0. The van der Waals surface area contributed by atoms with Gasteiger partial charge in [-0.05, 0) is 59.7 Å². The van der Waals surface area contributed by atoms with Gasteiger partial charge in [-0.1, -0.05) is 222 Å². The minimum Gasteiger partial charge on any atom is -0.494 e. The van der Waals surface area contributed by atoms with E-state index < -0.39 is 0 Å². The lowest BCUT2D eigenvalue weighted by atomic mass is 9.94. The highest BCUT2D eigenvalue weighted by atomic mass is 16.5. The molecule has 0 aliphatic heterocycles. The Hall–Kier alpha value is -2.58. The zero-order chi connectivity index (χ0) is 36.0. The molecule has 0 amide bonds. The van der Waals surface area contributed by atoms with E-state index in [2.05, 4.69) is 93.6 Å². The Kier molecular flexibility index (Phi) is 24.3. The van der Waals surface area contributed by atoms with Crippen molar-refractivity contribution in [3.05, 3.63) is 78.4 Å². The van der Waals surface area contributed by atoms with E-state index in [9.17, 15) is 0 Å². The zero-order valence-corrected chi connectivity index (χ0v) is 33.4. The van der Waals surface area contributed by atoms with Gasteiger partial charge in [0.2, 0.25) is 0 Å². The van der Waals surface area contributed by atoms with E-state index in [1.807, 2.05) is 0 Å². The lowest BCUT2D eigenvalue weighted by Gasteiger charge is -2.15. The van der Waals surface area contributed by atoms with E-state index in [1.54, 1.807) is 0 Å². The molecule has 0 saturated heterocycles. The number of hydrogen-bond acceptors (Lipinski definition) is 2. The summed E-state index contributed by atoms with van der Waals surface area (Å²) in [6.07, 6.45) is 34.4. The third-order valence-electron chi connectivity index (χ3n) is 10.7. The van der Waals surface area contributed by atoms with Crippen LogP contribution in [0.4, 0.5) is 0 Å². The van der Waals surface area contributed by atoms with Crippen molar-refractivity contribution in [1.82, 2.24) is 0 Å². The van der Waals surface area contributed by atoms with Crippen LogP contribution in [-0.2, 0) is 4.74 Å². The first-order chi connectivity index (χ1) is 25.2. The summed E-state index contributed by atoms with van der Waals surface area (Å²) in [6, 6.07) is 26.4. The molecule has 284 valence electrons. The highest BCUT2D eigenvalue weighted by Gasteiger charge is 2.10. The van der Waals surface area contributed by atoms with Crippen LogP contribution in [0, 0.1) is 0 Å². The molecule has 2 heteroatoms. The molecule has 0 aliphatic carbocycles. The van der Waals surface area contributed by atoms with Crippen LogP contribution < -0.4 is 4.74 Å². The van der Waals surface area contributed by atoms with Gasteiger partial charge in [0.1, 0.15) is 5.75 Å². The van der Waals surface area contributed by atoms with Gasteiger partial charge in [-0.3, -0.25) is 0 Å². The molecule has 0 spiro atoms. The van der Waals surface area contributed by atoms with Gasteiger partial charge in [-0.15, -0.1) is 0 Å². The molecule has 2 nitrogen and oxygen atoms in total. The molecule has 3 rings (SSSR count). The van der Waals surface area contributed by atoms with Crippen LogP contribution >= 0.6 is 0 Å². The number of ether oxygens (including phenoxy) is 2. The second-order valence-electron chi connectivity index (χ2n) is 15.2. The zero-order valence-electron chi connectivity index (χ0n) is 33.4. The number of hydrogen-bond donors (Lipinski definition) is 0. The minimum atomic E-state index is 0.120. The molecule has 0 radical (unpaired) electrons. The number of unbranched alkanes of at least 4 members (excludes halogenated alkanes) is 23. The van der Waals surface area contributed by atoms with Crippen LogP contribution in [0.1, 0.15) is 193 Å². The van der Waals surface area contributed by atoms with Gasteiger partial charge in [0.15, 0.2) is 0 Å². The summed E-state index contributed by atoms with van der Waals surface area (Å²) in [5.41, 5.74) is 6.23. The summed E-state index contributed by atoms with van der Waals surface area (Å²) in [6.45, 7) is 8.43. The van der Waals surface area contributed by atoms with Crippen LogP contribution in [-0.4, -0.2) is 13.2 Å². The van der Waals surface area contributed by atoms with Crippen molar-refractivity contribution in [2.75, 3.05) is 13.2 Å². The van der Waals surface area contributed by atoms with E-state index in [0.29, 0.717) is 0 Å². The smallest absolute Gasteiger partial charge is 0.119 e. The van der Waals surface area contributed by atoms with Gasteiger partial charge < -0.3 is 9.47 Å². The van der Waals surface area contributed by atoms with Crippen molar-refractivity contribution in [2.45, 2.75) is 187 Å². The van der Waals surface area contributed by atoms with E-state index >= 15 is 0 Å². The second-order valence-corrected chi connectivity index (χ2v) is 15.2. The standard InChI is InChI=1S/C49H76O2/c1-4-6-8-10-12-14-16-18-20-22-24-26-30-42-51-47-39-37-46(38-40-47)49-32-28-27-31-48(49)45-35-33-44(34-36-45)43(3)50-41-29-25-23-21-19-17-15-13-11-9-7-5-2/h27-28,31-40,43H,4-26,29-30,41-42H2,1-3H3. The molecule has 3 aromatic carbocycles. The normalized spacial score (nSPS) is 12.0. The molecule has 0 heterocycles. The third kappa shape index (κ3) is 19.2. The molecule has 0 aromatic heterocycles. The van der Waals surface area contributed by atoms with E-state index in [1.165, 1.54) is 175 Å². The van der Waals surface area contributed by atoms with Crippen molar-refractivity contribution >= 4 is 0 Å². The van der Waals surface area contributed by atoms with Crippen LogP contribution in [0.25, 0.3) is 22.3 Å². The first kappa shape index (κ1) is 42.8. The molecule has 0 bridgehead atoms. The van der Waals surface area contributed by atoms with Gasteiger partial charge in [0.25, 0.3) is 0 Å². The molecular weight excluding hydrogens is 621 g/mol. The lowest BCUT2D eigenvalue weighted by Crippen LogP contribution is -2.02. The highest BCUT2D eigenvalue weighted by Crippen LogP contribution is 2.34. The lowest BCUT2D eigenvalue weighted by molar-refractivity contribution is 0.0627. The fourth-order valence-electron chi connectivity index (χ4n) is 7.26. The van der Waals surface area contributed by atoms with Gasteiger partial charge in [-0.2, -0.15) is 0 Å². The number of benzene rings is 3. The molecule has 0 saturated carbocycles. The fraction of sp³-hybridized carbons (Fsp3) is 0.633. The maximum Gasteiger partial charge on any atom is 0.119 e. The Morgan fingerprint density at radius 1 is 0.392 bits per heavy atom. The average molecular weight is 697 g/mol. The van der Waals surface area contributed by atoms with Crippen LogP contribution in [0.15, 0.2) is 72.8 Å². The van der Waals surface area contributed by atoms with Crippen molar-refractivity contribution in [2.24, 2.45) is 0 Å². The Balaban J connectivity index is 1.29. The topological polar surface area (TPSA) is 18.5 Å². The Morgan fingerprint density at radius 2 is 0.745 bits per heavy atom. The molecule has 0 N–H and O–H groups in total. The molecular formula is C49H76O2. The van der Waals surface area contributed by atoms with Gasteiger partial charge >= 0.3 is 0 Å². The van der Waals surface area contributed by atoms with Gasteiger partial charge in [0.05, 0.1) is 12.7 Å². The fourth-order valence-corrected chi connectivity index (χ4v) is 7.26. The Bertz CT molecular complexity index is 1210. The average Bonchev–Trinajstić information content (AvgIpc) is 3.17.